The van der Waals surface area contributed by atoms with E-state index in [0.717, 1.165) is 58.0 Å². The van der Waals surface area contributed by atoms with Gasteiger partial charge in [0.25, 0.3) is 0 Å². The zero-order valence-electron chi connectivity index (χ0n) is 13.3. The van der Waals surface area contributed by atoms with Gasteiger partial charge in [-0.15, -0.1) is 0 Å². The molecule has 2 saturated heterocycles. The number of hydrogen-bond acceptors (Lipinski definition) is 4. The maximum Gasteiger partial charge on any atom is 0.0947 e. The van der Waals surface area contributed by atoms with Crippen LogP contribution in [-0.4, -0.2) is 42.9 Å². The summed E-state index contributed by atoms with van der Waals surface area (Å²) >= 11 is 0. The zero-order chi connectivity index (χ0) is 14.8. The van der Waals surface area contributed by atoms with Gasteiger partial charge in [-0.25, -0.2) is 0 Å². The van der Waals surface area contributed by atoms with E-state index in [9.17, 15) is 0 Å². The van der Waals surface area contributed by atoms with Gasteiger partial charge in [0.05, 0.1) is 30.8 Å². The van der Waals surface area contributed by atoms with E-state index in [4.69, 9.17) is 13.9 Å². The van der Waals surface area contributed by atoms with Crippen LogP contribution >= 0.6 is 0 Å². The highest BCUT2D eigenvalue weighted by molar-refractivity contribution is 5.05. The van der Waals surface area contributed by atoms with Crippen LogP contribution in [-0.2, 0) is 16.0 Å². The van der Waals surface area contributed by atoms with Crippen LogP contribution in [0.15, 0.2) is 23.0 Å². The summed E-state index contributed by atoms with van der Waals surface area (Å²) in [6.07, 6.45) is 11.4. The quantitative estimate of drug-likeness (QED) is 0.836. The molecule has 4 nitrogen and oxygen atoms in total. The first-order valence-corrected chi connectivity index (χ1v) is 8.80. The Hall–Kier alpha value is -0.840. The van der Waals surface area contributed by atoms with Gasteiger partial charge in [0.2, 0.25) is 0 Å². The minimum atomic E-state index is 0.0944. The van der Waals surface area contributed by atoms with Gasteiger partial charge in [0.1, 0.15) is 0 Å². The van der Waals surface area contributed by atoms with Gasteiger partial charge < -0.3 is 13.9 Å². The second kappa shape index (κ2) is 6.34. The van der Waals surface area contributed by atoms with E-state index in [0.29, 0.717) is 6.10 Å². The van der Waals surface area contributed by atoms with Crippen LogP contribution in [0, 0.1) is 5.92 Å². The molecule has 0 radical (unpaired) electrons. The van der Waals surface area contributed by atoms with Crippen molar-refractivity contribution in [3.8, 4) is 0 Å². The Morgan fingerprint density at radius 3 is 2.82 bits per heavy atom. The Morgan fingerprint density at radius 1 is 1.27 bits per heavy atom. The molecule has 2 aliphatic heterocycles. The lowest BCUT2D eigenvalue weighted by Gasteiger charge is -2.38. The Kier molecular flexibility index (Phi) is 4.25. The van der Waals surface area contributed by atoms with Crippen molar-refractivity contribution >= 4 is 0 Å². The van der Waals surface area contributed by atoms with E-state index < -0.39 is 0 Å². The first-order valence-electron chi connectivity index (χ1n) is 8.80. The predicted molar refractivity (Wildman–Crippen MR) is 83.6 cm³/mol. The van der Waals surface area contributed by atoms with E-state index in [1.54, 1.807) is 6.26 Å². The van der Waals surface area contributed by atoms with Gasteiger partial charge >= 0.3 is 0 Å². The first-order chi connectivity index (χ1) is 10.8. The zero-order valence-corrected chi connectivity index (χ0v) is 13.3. The lowest BCUT2D eigenvalue weighted by molar-refractivity contribution is -0.0474. The van der Waals surface area contributed by atoms with Gasteiger partial charge in [0.15, 0.2) is 0 Å². The summed E-state index contributed by atoms with van der Waals surface area (Å²) in [5, 5.41) is 0. The molecule has 1 spiro atoms. The van der Waals surface area contributed by atoms with Crippen molar-refractivity contribution in [1.29, 1.82) is 0 Å². The van der Waals surface area contributed by atoms with Crippen LogP contribution in [0.2, 0.25) is 0 Å². The molecule has 122 valence electrons. The molecule has 1 saturated carbocycles. The lowest BCUT2D eigenvalue weighted by Crippen LogP contribution is -2.43. The van der Waals surface area contributed by atoms with Gasteiger partial charge in [-0.05, 0) is 37.7 Å². The fourth-order valence-corrected chi connectivity index (χ4v) is 3.95. The van der Waals surface area contributed by atoms with E-state index in [-0.39, 0.29) is 5.60 Å². The van der Waals surface area contributed by atoms with Gasteiger partial charge in [-0.3, -0.25) is 4.90 Å². The summed E-state index contributed by atoms with van der Waals surface area (Å²) in [5.74, 6) is 0.827. The molecular weight excluding hydrogens is 278 g/mol. The highest BCUT2D eigenvalue weighted by Gasteiger charge is 2.43. The number of rotatable bonds is 5. The summed E-state index contributed by atoms with van der Waals surface area (Å²) < 4.78 is 17.4. The van der Waals surface area contributed by atoms with Crippen molar-refractivity contribution in [3.05, 3.63) is 24.2 Å². The Bertz CT molecular complexity index is 461. The molecular formula is C18H27NO3. The van der Waals surface area contributed by atoms with Crippen molar-refractivity contribution < 1.29 is 13.9 Å². The van der Waals surface area contributed by atoms with E-state index >= 15 is 0 Å². The third-order valence-electron chi connectivity index (χ3n) is 5.72. The maximum absolute atomic E-state index is 6.19. The van der Waals surface area contributed by atoms with Crippen LogP contribution in [0.1, 0.15) is 44.1 Å². The molecule has 0 unspecified atom stereocenters. The van der Waals surface area contributed by atoms with Crippen LogP contribution in [0.5, 0.6) is 0 Å². The Labute approximate surface area is 132 Å². The van der Waals surface area contributed by atoms with Gasteiger partial charge in [0, 0.05) is 38.2 Å². The van der Waals surface area contributed by atoms with E-state index in [2.05, 4.69) is 11.0 Å². The third-order valence-corrected chi connectivity index (χ3v) is 5.72. The average Bonchev–Trinajstić information content (AvgIpc) is 3.11. The van der Waals surface area contributed by atoms with Crippen molar-refractivity contribution in [3.63, 3.8) is 0 Å². The predicted octanol–water partition coefficient (Wildman–Crippen LogP) is 3.22. The second-order valence-corrected chi connectivity index (χ2v) is 7.36. The second-order valence-electron chi connectivity index (χ2n) is 7.36. The number of ether oxygens (including phenoxy) is 2. The van der Waals surface area contributed by atoms with Crippen molar-refractivity contribution in [1.82, 2.24) is 4.90 Å². The molecule has 1 atom stereocenters. The highest BCUT2D eigenvalue weighted by atomic mass is 16.6. The fourth-order valence-electron chi connectivity index (χ4n) is 3.95. The molecule has 0 aromatic carbocycles. The summed E-state index contributed by atoms with van der Waals surface area (Å²) in [4.78, 5) is 2.50. The minimum absolute atomic E-state index is 0.0944. The van der Waals surface area contributed by atoms with Crippen molar-refractivity contribution in [2.75, 3.05) is 26.3 Å². The van der Waals surface area contributed by atoms with E-state index in [1.165, 1.54) is 24.8 Å². The lowest BCUT2D eigenvalue weighted by atomic mass is 9.86. The summed E-state index contributed by atoms with van der Waals surface area (Å²) in [6.45, 7) is 4.97. The number of piperidine rings is 1. The van der Waals surface area contributed by atoms with Crippen molar-refractivity contribution in [2.45, 2.75) is 56.8 Å². The fraction of sp³-hybridized carbons (Fsp3) is 0.778. The Balaban J connectivity index is 1.22. The minimum Gasteiger partial charge on any atom is -0.472 e. The number of likely N-dealkylation sites (tertiary alicyclic amines) is 1. The molecule has 4 rings (SSSR count). The number of nitrogens with zero attached hydrogens (tertiary/aromatic N) is 1. The molecule has 0 bridgehead atoms. The smallest absolute Gasteiger partial charge is 0.0947 e. The van der Waals surface area contributed by atoms with Gasteiger partial charge in [-0.2, -0.15) is 0 Å². The van der Waals surface area contributed by atoms with E-state index in [1.807, 2.05) is 6.26 Å². The molecule has 4 heteroatoms. The molecule has 0 N–H and O–H groups in total. The molecule has 3 heterocycles. The summed E-state index contributed by atoms with van der Waals surface area (Å²) in [5.41, 5.74) is 1.36. The highest BCUT2D eigenvalue weighted by Crippen LogP contribution is 2.38. The molecule has 1 aromatic rings. The number of furan rings is 1. The van der Waals surface area contributed by atoms with Crippen LogP contribution < -0.4 is 0 Å². The molecule has 0 amide bonds. The van der Waals surface area contributed by atoms with Crippen LogP contribution in [0.25, 0.3) is 0 Å². The monoisotopic (exact) mass is 305 g/mol. The topological polar surface area (TPSA) is 34.8 Å². The summed E-state index contributed by atoms with van der Waals surface area (Å²) in [7, 11) is 0. The average molecular weight is 305 g/mol. The molecule has 1 aromatic heterocycles. The normalized spacial score (nSPS) is 29.0. The standard InChI is InChI=1S/C18H27NO3/c1-2-15(3-1)13-21-17-10-18(22-14-17)5-7-19(8-6-18)11-16-4-9-20-12-16/h4,9,12,15,17H,1-3,5-8,10-11,13-14H2/t17-/m1/s1. The third kappa shape index (κ3) is 3.24. The summed E-state index contributed by atoms with van der Waals surface area (Å²) in [6, 6.07) is 2.06. The van der Waals surface area contributed by atoms with Gasteiger partial charge in [-0.1, -0.05) is 6.42 Å². The number of hydrogen-bond donors (Lipinski definition) is 0. The van der Waals surface area contributed by atoms with Crippen LogP contribution in [0.3, 0.4) is 0 Å². The SMILES string of the molecule is c1cc(CN2CCC3(CC2)C[C@@H](OCC2CCC2)CO3)co1. The first kappa shape index (κ1) is 14.7. The molecule has 3 aliphatic rings. The molecule has 22 heavy (non-hydrogen) atoms. The maximum atomic E-state index is 6.19. The molecule has 3 fully saturated rings. The van der Waals surface area contributed by atoms with Crippen LogP contribution in [0.4, 0.5) is 0 Å². The Morgan fingerprint density at radius 2 is 2.14 bits per heavy atom. The largest absolute Gasteiger partial charge is 0.472 e. The van der Waals surface area contributed by atoms with Crippen molar-refractivity contribution in [2.24, 2.45) is 5.92 Å². The molecule has 1 aliphatic carbocycles.